The summed E-state index contributed by atoms with van der Waals surface area (Å²) < 4.78 is 0. The summed E-state index contributed by atoms with van der Waals surface area (Å²) in [6.07, 6.45) is 0. The van der Waals surface area contributed by atoms with Gasteiger partial charge in [-0.25, -0.2) is 4.98 Å². The highest BCUT2D eigenvalue weighted by molar-refractivity contribution is 8.00. The highest BCUT2D eigenvalue weighted by Crippen LogP contribution is 2.30. The van der Waals surface area contributed by atoms with Gasteiger partial charge in [-0.2, -0.15) is 0 Å². The van der Waals surface area contributed by atoms with Gasteiger partial charge >= 0.3 is 0 Å². The maximum absolute atomic E-state index is 12.1. The summed E-state index contributed by atoms with van der Waals surface area (Å²) in [6, 6.07) is 12.7. The van der Waals surface area contributed by atoms with Crippen molar-refractivity contribution in [2.24, 2.45) is 0 Å². The van der Waals surface area contributed by atoms with Crippen LogP contribution >= 0.6 is 46.3 Å². The number of benzene rings is 2. The fraction of sp³-hybridized carbons (Fsp3) is 0.0588. The van der Waals surface area contributed by atoms with Crippen molar-refractivity contribution in [2.45, 2.75) is 4.90 Å². The van der Waals surface area contributed by atoms with Gasteiger partial charge in [0.2, 0.25) is 5.91 Å². The minimum atomic E-state index is -0.123. The first-order valence-electron chi connectivity index (χ1n) is 7.20. The number of nitrogens with one attached hydrogen (secondary N) is 1. The van der Waals surface area contributed by atoms with Crippen molar-refractivity contribution in [3.8, 4) is 11.3 Å². The van der Waals surface area contributed by atoms with Crippen molar-refractivity contribution >= 4 is 63.0 Å². The Morgan fingerprint density at radius 2 is 2.04 bits per heavy atom. The summed E-state index contributed by atoms with van der Waals surface area (Å²) >= 11 is 14.7. The van der Waals surface area contributed by atoms with Crippen molar-refractivity contribution in [3.63, 3.8) is 0 Å². The summed E-state index contributed by atoms with van der Waals surface area (Å²) in [5.41, 5.74) is 7.99. The van der Waals surface area contributed by atoms with Crippen LogP contribution in [0.1, 0.15) is 0 Å². The minimum Gasteiger partial charge on any atom is -0.399 e. The van der Waals surface area contributed by atoms with Crippen LogP contribution in [0.15, 0.2) is 52.7 Å². The molecule has 25 heavy (non-hydrogen) atoms. The van der Waals surface area contributed by atoms with Crippen LogP contribution < -0.4 is 11.1 Å². The Labute approximate surface area is 163 Å². The molecule has 0 saturated carbocycles. The molecule has 1 heterocycles. The fourth-order valence-electron chi connectivity index (χ4n) is 2.03. The summed E-state index contributed by atoms with van der Waals surface area (Å²) in [4.78, 5) is 17.4. The quantitative estimate of drug-likeness (QED) is 0.435. The Kier molecular flexibility index (Phi) is 5.86. The topological polar surface area (TPSA) is 68.0 Å². The van der Waals surface area contributed by atoms with Crippen LogP contribution in [0.25, 0.3) is 11.3 Å². The Morgan fingerprint density at radius 1 is 1.20 bits per heavy atom. The number of aromatic nitrogens is 1. The molecule has 1 amide bonds. The normalized spacial score (nSPS) is 10.6. The number of nitrogen functional groups attached to an aromatic ring is 1. The van der Waals surface area contributed by atoms with Gasteiger partial charge < -0.3 is 11.1 Å². The molecule has 3 rings (SSSR count). The van der Waals surface area contributed by atoms with Crippen molar-refractivity contribution in [3.05, 3.63) is 57.9 Å². The number of nitrogens with zero attached hydrogens (tertiary/aromatic N) is 1. The number of amides is 1. The molecule has 0 saturated heterocycles. The number of carbonyl (C=O) groups excluding carboxylic acids is 1. The van der Waals surface area contributed by atoms with Gasteiger partial charge in [0.15, 0.2) is 5.13 Å². The van der Waals surface area contributed by atoms with Gasteiger partial charge in [0.25, 0.3) is 0 Å². The van der Waals surface area contributed by atoms with Gasteiger partial charge in [-0.15, -0.1) is 23.1 Å². The molecule has 0 bridgehead atoms. The van der Waals surface area contributed by atoms with Crippen LogP contribution in [0, 0.1) is 0 Å². The smallest absolute Gasteiger partial charge is 0.236 e. The lowest BCUT2D eigenvalue weighted by atomic mass is 10.2. The molecule has 4 nitrogen and oxygen atoms in total. The Bertz CT molecular complexity index is 914. The van der Waals surface area contributed by atoms with Crippen LogP contribution in [0.5, 0.6) is 0 Å². The lowest BCUT2D eigenvalue weighted by Crippen LogP contribution is -2.13. The van der Waals surface area contributed by atoms with Gasteiger partial charge in [-0.1, -0.05) is 35.3 Å². The van der Waals surface area contributed by atoms with E-state index in [9.17, 15) is 4.79 Å². The highest BCUT2D eigenvalue weighted by Gasteiger charge is 2.10. The van der Waals surface area contributed by atoms with Gasteiger partial charge in [-0.3, -0.25) is 4.79 Å². The number of halogens is 2. The van der Waals surface area contributed by atoms with Crippen molar-refractivity contribution < 1.29 is 4.79 Å². The van der Waals surface area contributed by atoms with Crippen LogP contribution in [0.2, 0.25) is 10.0 Å². The Hall–Kier alpha value is -1.73. The third-order valence-electron chi connectivity index (χ3n) is 3.19. The number of hydrogen-bond acceptors (Lipinski definition) is 5. The maximum atomic E-state index is 12.1. The number of carbonyl (C=O) groups is 1. The van der Waals surface area contributed by atoms with Crippen LogP contribution in [-0.4, -0.2) is 16.6 Å². The molecular weight excluding hydrogens is 397 g/mol. The number of nitrogens with two attached hydrogens (primary N) is 1. The summed E-state index contributed by atoms with van der Waals surface area (Å²) in [7, 11) is 0. The highest BCUT2D eigenvalue weighted by atomic mass is 35.5. The molecule has 0 unspecified atom stereocenters. The first kappa shape index (κ1) is 18.1. The summed E-state index contributed by atoms with van der Waals surface area (Å²) in [6.45, 7) is 0. The van der Waals surface area contributed by atoms with E-state index < -0.39 is 0 Å². The van der Waals surface area contributed by atoms with Gasteiger partial charge in [0.1, 0.15) is 0 Å². The molecule has 3 N–H and O–H groups in total. The molecule has 0 aliphatic heterocycles. The molecule has 0 radical (unpaired) electrons. The first-order valence-corrected chi connectivity index (χ1v) is 9.82. The molecular formula is C17H13Cl2N3OS2. The van der Waals surface area contributed by atoms with Crippen LogP contribution in [-0.2, 0) is 4.79 Å². The molecule has 2 aromatic carbocycles. The molecule has 1 aromatic heterocycles. The Morgan fingerprint density at radius 3 is 2.80 bits per heavy atom. The predicted molar refractivity (Wildman–Crippen MR) is 108 cm³/mol. The zero-order chi connectivity index (χ0) is 17.8. The fourth-order valence-corrected chi connectivity index (χ4v) is 3.83. The second-order valence-corrected chi connectivity index (χ2v) is 7.80. The van der Waals surface area contributed by atoms with E-state index in [-0.39, 0.29) is 11.7 Å². The average Bonchev–Trinajstić information content (AvgIpc) is 3.04. The van der Waals surface area contributed by atoms with E-state index in [1.54, 1.807) is 12.1 Å². The zero-order valence-electron chi connectivity index (χ0n) is 12.8. The number of rotatable bonds is 5. The average molecular weight is 410 g/mol. The lowest BCUT2D eigenvalue weighted by molar-refractivity contribution is -0.113. The molecule has 0 atom stereocenters. The lowest BCUT2D eigenvalue weighted by Gasteiger charge is -2.03. The molecule has 0 spiro atoms. The van der Waals surface area contributed by atoms with Crippen molar-refractivity contribution in [1.29, 1.82) is 0 Å². The van der Waals surface area contributed by atoms with Crippen molar-refractivity contribution in [2.75, 3.05) is 16.8 Å². The SMILES string of the molecule is Nc1cccc(SCC(=O)Nc2nc(-c3ccc(Cl)c(Cl)c3)cs2)c1. The number of thiazole rings is 1. The van der Waals surface area contributed by atoms with E-state index >= 15 is 0 Å². The molecule has 128 valence electrons. The largest absolute Gasteiger partial charge is 0.399 e. The molecule has 0 aliphatic rings. The number of anilines is 2. The van der Waals surface area contributed by atoms with Crippen LogP contribution in [0.4, 0.5) is 10.8 Å². The van der Waals surface area contributed by atoms with E-state index in [0.29, 0.717) is 20.9 Å². The van der Waals surface area contributed by atoms with E-state index in [1.165, 1.54) is 23.1 Å². The minimum absolute atomic E-state index is 0.123. The van der Waals surface area contributed by atoms with E-state index in [1.807, 2.05) is 35.7 Å². The molecule has 0 aliphatic carbocycles. The number of hydrogen-bond donors (Lipinski definition) is 2. The number of thioether (sulfide) groups is 1. The van der Waals surface area contributed by atoms with E-state index in [0.717, 1.165) is 16.2 Å². The zero-order valence-corrected chi connectivity index (χ0v) is 16.0. The van der Waals surface area contributed by atoms with Crippen LogP contribution in [0.3, 0.4) is 0 Å². The molecule has 0 fully saturated rings. The van der Waals surface area contributed by atoms with Gasteiger partial charge in [0, 0.05) is 21.5 Å². The third kappa shape index (κ3) is 4.89. The predicted octanol–water partition coefficient (Wildman–Crippen LogP) is 5.43. The third-order valence-corrected chi connectivity index (χ3v) is 5.68. The standard InChI is InChI=1S/C17H13Cl2N3OS2/c18-13-5-4-10(6-14(13)19)15-8-25-17(21-15)22-16(23)9-24-12-3-1-2-11(20)7-12/h1-8H,9,20H2,(H,21,22,23). The van der Waals surface area contributed by atoms with Crippen molar-refractivity contribution in [1.82, 2.24) is 4.98 Å². The first-order chi connectivity index (χ1) is 12.0. The molecule has 3 aromatic rings. The second-order valence-electron chi connectivity index (χ2n) is 5.08. The monoisotopic (exact) mass is 409 g/mol. The summed E-state index contributed by atoms with van der Waals surface area (Å²) in [5, 5.41) is 6.16. The maximum Gasteiger partial charge on any atom is 0.236 e. The van der Waals surface area contributed by atoms with E-state index in [2.05, 4.69) is 10.3 Å². The van der Waals surface area contributed by atoms with E-state index in [4.69, 9.17) is 28.9 Å². The Balaban J connectivity index is 1.60. The van der Waals surface area contributed by atoms with Gasteiger partial charge in [-0.05, 0) is 30.3 Å². The summed E-state index contributed by atoms with van der Waals surface area (Å²) in [5.74, 6) is 0.160. The second kappa shape index (κ2) is 8.10. The molecule has 8 heteroatoms. The van der Waals surface area contributed by atoms with Gasteiger partial charge in [0.05, 0.1) is 21.5 Å².